The highest BCUT2D eigenvalue weighted by molar-refractivity contribution is 5.99. The number of carbonyl (C=O) groups excluding carboxylic acids is 1. The lowest BCUT2D eigenvalue weighted by molar-refractivity contribution is 0.100. The van der Waals surface area contributed by atoms with Crippen LogP contribution in [0.15, 0.2) is 73.1 Å². The van der Waals surface area contributed by atoms with Gasteiger partial charge in [0.15, 0.2) is 5.82 Å². The molecule has 1 amide bonds. The van der Waals surface area contributed by atoms with Crippen LogP contribution in [0.4, 0.5) is 21.6 Å². The molecule has 0 spiro atoms. The van der Waals surface area contributed by atoms with Gasteiger partial charge in [-0.05, 0) is 66.6 Å². The first kappa shape index (κ1) is 26.3. The molecule has 3 aromatic carbocycles. The van der Waals surface area contributed by atoms with Gasteiger partial charge in [0.1, 0.15) is 17.7 Å². The van der Waals surface area contributed by atoms with Crippen LogP contribution in [0.25, 0.3) is 22.0 Å². The van der Waals surface area contributed by atoms with Crippen molar-refractivity contribution in [3.8, 4) is 11.3 Å². The summed E-state index contributed by atoms with van der Waals surface area (Å²) in [5.41, 5.74) is 16.2. The summed E-state index contributed by atoms with van der Waals surface area (Å²) in [6.07, 6.45) is 6.24. The van der Waals surface area contributed by atoms with E-state index in [9.17, 15) is 4.79 Å². The molecule has 5 aromatic rings. The molecule has 2 aromatic heterocycles. The SMILES string of the molecule is CCc1cc(C(Nc2ccc3c(N)nccc3c2)c2nc(-c3ccccc3C(N)=O)c[nH]2)c(F)c(N2CCCC2)c1. The number of aryl methyl sites for hydroxylation is 1. The van der Waals surface area contributed by atoms with Crippen LogP contribution in [-0.2, 0) is 6.42 Å². The van der Waals surface area contributed by atoms with E-state index < -0.39 is 11.9 Å². The summed E-state index contributed by atoms with van der Waals surface area (Å²) in [6.45, 7) is 3.73. The van der Waals surface area contributed by atoms with Gasteiger partial charge in [0, 0.05) is 53.2 Å². The number of H-pyrrole nitrogens is 1. The Morgan fingerprint density at radius 3 is 2.71 bits per heavy atom. The quantitative estimate of drug-likeness (QED) is 0.194. The van der Waals surface area contributed by atoms with E-state index in [4.69, 9.17) is 16.5 Å². The molecular weight excluding hydrogens is 517 g/mol. The molecular formula is C32H32FN7O. The second kappa shape index (κ2) is 10.9. The Morgan fingerprint density at radius 1 is 1.12 bits per heavy atom. The van der Waals surface area contributed by atoms with Crippen LogP contribution in [0.5, 0.6) is 0 Å². The summed E-state index contributed by atoms with van der Waals surface area (Å²) in [7, 11) is 0. The van der Waals surface area contributed by atoms with Gasteiger partial charge >= 0.3 is 0 Å². The second-order valence-electron chi connectivity index (χ2n) is 10.4. The van der Waals surface area contributed by atoms with Gasteiger partial charge in [0.05, 0.1) is 11.4 Å². The molecule has 1 fully saturated rings. The number of primary amides is 1. The molecule has 6 N–H and O–H groups in total. The van der Waals surface area contributed by atoms with Gasteiger partial charge in [0.2, 0.25) is 5.91 Å². The number of anilines is 3. The molecule has 0 bridgehead atoms. The zero-order chi connectivity index (χ0) is 28.5. The number of imidazole rings is 1. The summed E-state index contributed by atoms with van der Waals surface area (Å²) in [4.78, 5) is 26.5. The second-order valence-corrected chi connectivity index (χ2v) is 10.4. The van der Waals surface area contributed by atoms with E-state index in [2.05, 4.69) is 27.1 Å². The topological polar surface area (TPSA) is 126 Å². The predicted octanol–water partition coefficient (Wildman–Crippen LogP) is 5.81. The van der Waals surface area contributed by atoms with E-state index in [1.54, 1.807) is 30.6 Å². The fourth-order valence-electron chi connectivity index (χ4n) is 5.59. The third-order valence-electron chi connectivity index (χ3n) is 7.75. The summed E-state index contributed by atoms with van der Waals surface area (Å²) in [5, 5.41) is 5.29. The Bertz CT molecular complexity index is 1740. The summed E-state index contributed by atoms with van der Waals surface area (Å²) >= 11 is 0. The van der Waals surface area contributed by atoms with Gasteiger partial charge in [-0.3, -0.25) is 4.79 Å². The van der Waals surface area contributed by atoms with E-state index in [0.29, 0.717) is 39.7 Å². The zero-order valence-electron chi connectivity index (χ0n) is 22.8. The van der Waals surface area contributed by atoms with Gasteiger partial charge < -0.3 is 26.7 Å². The lowest BCUT2D eigenvalue weighted by atomic mass is 9.98. The molecule has 0 saturated carbocycles. The Kier molecular flexibility index (Phi) is 7.01. The minimum atomic E-state index is -0.658. The first-order valence-corrected chi connectivity index (χ1v) is 13.9. The van der Waals surface area contributed by atoms with Crippen molar-refractivity contribution in [1.29, 1.82) is 0 Å². The van der Waals surface area contributed by atoms with Crippen LogP contribution in [0.3, 0.4) is 0 Å². The van der Waals surface area contributed by atoms with E-state index >= 15 is 4.39 Å². The predicted molar refractivity (Wildman–Crippen MR) is 161 cm³/mol. The van der Waals surface area contributed by atoms with Crippen LogP contribution >= 0.6 is 0 Å². The Hall–Kier alpha value is -4.92. The average molecular weight is 550 g/mol. The molecule has 0 aliphatic carbocycles. The van der Waals surface area contributed by atoms with Gasteiger partial charge in [0.25, 0.3) is 0 Å². The Morgan fingerprint density at radius 2 is 1.93 bits per heavy atom. The smallest absolute Gasteiger partial charge is 0.249 e. The minimum Gasteiger partial charge on any atom is -0.383 e. The molecule has 1 aliphatic rings. The first-order valence-electron chi connectivity index (χ1n) is 13.9. The molecule has 1 saturated heterocycles. The summed E-state index contributed by atoms with van der Waals surface area (Å²) in [6, 6.07) is 17.9. The number of aromatic nitrogens is 3. The third kappa shape index (κ3) is 5.06. The number of rotatable bonds is 8. The molecule has 1 atom stereocenters. The van der Waals surface area contributed by atoms with Crippen LogP contribution in [0.2, 0.25) is 0 Å². The summed E-state index contributed by atoms with van der Waals surface area (Å²) < 4.78 is 16.5. The van der Waals surface area contributed by atoms with Crippen molar-refractivity contribution in [2.24, 2.45) is 5.73 Å². The first-order chi connectivity index (χ1) is 19.9. The largest absolute Gasteiger partial charge is 0.383 e. The maximum Gasteiger partial charge on any atom is 0.249 e. The normalized spacial score (nSPS) is 14.0. The molecule has 208 valence electrons. The van der Waals surface area contributed by atoms with Crippen molar-refractivity contribution in [2.45, 2.75) is 32.2 Å². The number of pyridine rings is 1. The fourth-order valence-corrected chi connectivity index (χ4v) is 5.59. The number of nitrogens with one attached hydrogen (secondary N) is 2. The molecule has 1 aliphatic heterocycles. The zero-order valence-corrected chi connectivity index (χ0v) is 22.8. The number of hydrogen-bond acceptors (Lipinski definition) is 6. The van der Waals surface area contributed by atoms with Crippen molar-refractivity contribution in [3.63, 3.8) is 0 Å². The van der Waals surface area contributed by atoms with Gasteiger partial charge in [-0.2, -0.15) is 0 Å². The molecule has 41 heavy (non-hydrogen) atoms. The van der Waals surface area contributed by atoms with Crippen molar-refractivity contribution >= 4 is 33.9 Å². The Labute approximate surface area is 237 Å². The van der Waals surface area contributed by atoms with Crippen LogP contribution in [0.1, 0.15) is 53.1 Å². The maximum atomic E-state index is 16.5. The number of carbonyl (C=O) groups is 1. The lowest BCUT2D eigenvalue weighted by Crippen LogP contribution is -2.22. The highest BCUT2D eigenvalue weighted by atomic mass is 19.1. The molecule has 9 heteroatoms. The van der Waals surface area contributed by atoms with Gasteiger partial charge in [-0.25, -0.2) is 14.4 Å². The highest BCUT2D eigenvalue weighted by Crippen LogP contribution is 2.36. The molecule has 3 heterocycles. The number of nitrogens with two attached hydrogens (primary N) is 2. The van der Waals surface area contributed by atoms with Crippen LogP contribution < -0.4 is 21.7 Å². The van der Waals surface area contributed by atoms with Crippen molar-refractivity contribution in [3.05, 3.63) is 101 Å². The van der Waals surface area contributed by atoms with Crippen molar-refractivity contribution in [1.82, 2.24) is 15.0 Å². The number of aromatic amines is 1. The third-order valence-corrected chi connectivity index (χ3v) is 7.75. The molecule has 0 radical (unpaired) electrons. The Balaban J connectivity index is 1.49. The van der Waals surface area contributed by atoms with Crippen molar-refractivity contribution in [2.75, 3.05) is 29.0 Å². The molecule has 1 unspecified atom stereocenters. The van der Waals surface area contributed by atoms with Crippen molar-refractivity contribution < 1.29 is 9.18 Å². The van der Waals surface area contributed by atoms with E-state index in [1.165, 1.54) is 0 Å². The number of nitrogens with zero attached hydrogens (tertiary/aromatic N) is 3. The number of amides is 1. The monoisotopic (exact) mass is 549 g/mol. The highest BCUT2D eigenvalue weighted by Gasteiger charge is 2.27. The van der Waals surface area contributed by atoms with E-state index in [0.717, 1.165) is 54.4 Å². The van der Waals surface area contributed by atoms with E-state index in [-0.39, 0.29) is 5.82 Å². The number of fused-ring (bicyclic) bond motifs is 1. The van der Waals surface area contributed by atoms with E-state index in [1.807, 2.05) is 42.5 Å². The fraction of sp³-hybridized carbons (Fsp3) is 0.219. The average Bonchev–Trinajstić information content (AvgIpc) is 3.70. The number of halogens is 1. The molecule has 8 nitrogen and oxygen atoms in total. The van der Waals surface area contributed by atoms with Crippen LogP contribution in [0, 0.1) is 5.82 Å². The summed E-state index contributed by atoms with van der Waals surface area (Å²) in [5.74, 6) is 0.146. The lowest BCUT2D eigenvalue weighted by Gasteiger charge is -2.25. The standard InChI is InChI=1S/C32H32FN7O/c1-2-19-15-25(28(33)27(16-19)40-13-5-6-14-40)29(38-21-9-10-22-20(17-21)11-12-36-30(22)34)32-37-18-26(39-32)23-7-3-4-8-24(23)31(35)41/h3-4,7-12,15-18,29,38H,2,5-6,13-14H2,1H3,(H2,34,36)(H2,35,41)(H,37,39). The maximum absolute atomic E-state index is 16.5. The van der Waals surface area contributed by atoms with Gasteiger partial charge in [-0.15, -0.1) is 0 Å². The number of hydrogen-bond donors (Lipinski definition) is 4. The van der Waals surface area contributed by atoms with Gasteiger partial charge in [-0.1, -0.05) is 31.2 Å². The number of benzene rings is 3. The number of nitrogen functional groups attached to an aromatic ring is 1. The van der Waals surface area contributed by atoms with Crippen LogP contribution in [-0.4, -0.2) is 33.9 Å². The minimum absolute atomic E-state index is 0.272. The molecule has 6 rings (SSSR count).